The molecule has 17 heavy (non-hydrogen) atoms. The zero-order valence-electron chi connectivity index (χ0n) is 10.4. The molecule has 1 aromatic carbocycles. The lowest BCUT2D eigenvalue weighted by Crippen LogP contribution is -2.09. The van der Waals surface area contributed by atoms with Crippen LogP contribution < -0.4 is 5.73 Å². The van der Waals surface area contributed by atoms with Crippen LogP contribution in [0.3, 0.4) is 0 Å². The number of rotatable bonds is 7. The van der Waals surface area contributed by atoms with E-state index in [0.717, 1.165) is 31.2 Å². The van der Waals surface area contributed by atoms with Crippen molar-refractivity contribution in [2.24, 2.45) is 0 Å². The Morgan fingerprint density at radius 2 is 1.71 bits per heavy atom. The van der Waals surface area contributed by atoms with Gasteiger partial charge in [-0.1, -0.05) is 38.3 Å². The van der Waals surface area contributed by atoms with E-state index in [1.165, 1.54) is 0 Å². The Hall–Kier alpha value is -1.03. The Balaban J connectivity index is 2.46. The van der Waals surface area contributed by atoms with Crippen LogP contribution in [-0.4, -0.2) is 14.2 Å². The van der Waals surface area contributed by atoms with Crippen molar-refractivity contribution in [2.45, 2.75) is 38.4 Å². The number of sulfone groups is 1. The van der Waals surface area contributed by atoms with E-state index in [2.05, 4.69) is 6.92 Å². The molecule has 4 heteroatoms. The molecule has 0 aliphatic heterocycles. The van der Waals surface area contributed by atoms with Crippen LogP contribution in [0.5, 0.6) is 0 Å². The molecule has 0 aliphatic carbocycles. The average Bonchev–Trinajstić information content (AvgIpc) is 2.27. The highest BCUT2D eigenvalue weighted by molar-refractivity contribution is 7.90. The van der Waals surface area contributed by atoms with E-state index in [-0.39, 0.29) is 11.5 Å². The minimum atomic E-state index is -2.97. The second-order valence-corrected chi connectivity index (χ2v) is 6.58. The van der Waals surface area contributed by atoms with Gasteiger partial charge in [0.2, 0.25) is 0 Å². The highest BCUT2D eigenvalue weighted by Gasteiger charge is 2.11. The Morgan fingerprint density at radius 1 is 1.06 bits per heavy atom. The average molecular weight is 255 g/mol. The van der Waals surface area contributed by atoms with Crippen LogP contribution in [-0.2, 0) is 15.6 Å². The Labute approximate surface area is 104 Å². The molecule has 0 fully saturated rings. The van der Waals surface area contributed by atoms with Gasteiger partial charge in [-0.05, 0) is 24.1 Å². The van der Waals surface area contributed by atoms with Crippen molar-refractivity contribution in [1.82, 2.24) is 0 Å². The summed E-state index contributed by atoms with van der Waals surface area (Å²) in [6, 6.07) is 7.03. The zero-order chi connectivity index (χ0) is 12.7. The van der Waals surface area contributed by atoms with Gasteiger partial charge in [-0.25, -0.2) is 8.42 Å². The fraction of sp³-hybridized carbons (Fsp3) is 0.538. The van der Waals surface area contributed by atoms with Gasteiger partial charge < -0.3 is 5.73 Å². The van der Waals surface area contributed by atoms with Crippen LogP contribution in [0.4, 0.5) is 5.69 Å². The van der Waals surface area contributed by atoms with Gasteiger partial charge in [0.25, 0.3) is 0 Å². The van der Waals surface area contributed by atoms with Crippen molar-refractivity contribution in [3.05, 3.63) is 29.8 Å². The first-order chi connectivity index (χ1) is 8.03. The molecule has 0 aromatic heterocycles. The molecule has 0 amide bonds. The predicted molar refractivity (Wildman–Crippen MR) is 72.5 cm³/mol. The molecule has 0 atom stereocenters. The normalized spacial score (nSPS) is 11.6. The summed E-state index contributed by atoms with van der Waals surface area (Å²) in [6.07, 6.45) is 4.00. The van der Waals surface area contributed by atoms with E-state index in [9.17, 15) is 8.42 Å². The summed E-state index contributed by atoms with van der Waals surface area (Å²) in [6.45, 7) is 2.11. The van der Waals surface area contributed by atoms with E-state index in [1.807, 2.05) is 0 Å². The van der Waals surface area contributed by atoms with Gasteiger partial charge in [0.05, 0.1) is 11.5 Å². The first kappa shape index (κ1) is 14.0. The Morgan fingerprint density at radius 3 is 2.29 bits per heavy atom. The number of hydrogen-bond acceptors (Lipinski definition) is 3. The highest BCUT2D eigenvalue weighted by atomic mass is 32.2. The number of anilines is 1. The van der Waals surface area contributed by atoms with Gasteiger partial charge in [0.1, 0.15) is 0 Å². The first-order valence-electron chi connectivity index (χ1n) is 6.08. The van der Waals surface area contributed by atoms with Crippen molar-refractivity contribution in [2.75, 3.05) is 11.5 Å². The lowest BCUT2D eigenvalue weighted by Gasteiger charge is -2.04. The first-order valence-corrected chi connectivity index (χ1v) is 7.90. The summed E-state index contributed by atoms with van der Waals surface area (Å²) in [7, 11) is -2.97. The second kappa shape index (κ2) is 6.64. The van der Waals surface area contributed by atoms with Crippen LogP contribution >= 0.6 is 0 Å². The van der Waals surface area contributed by atoms with Gasteiger partial charge in [-0.2, -0.15) is 0 Å². The number of nitrogens with two attached hydrogens (primary N) is 1. The summed E-state index contributed by atoms with van der Waals surface area (Å²) < 4.78 is 23.6. The molecule has 0 spiro atoms. The maximum atomic E-state index is 11.8. The smallest absolute Gasteiger partial charge is 0.154 e. The maximum absolute atomic E-state index is 11.8. The van der Waals surface area contributed by atoms with Crippen LogP contribution in [0.2, 0.25) is 0 Å². The van der Waals surface area contributed by atoms with E-state index in [1.54, 1.807) is 24.3 Å². The largest absolute Gasteiger partial charge is 0.399 e. The van der Waals surface area contributed by atoms with Crippen molar-refractivity contribution >= 4 is 15.5 Å². The maximum Gasteiger partial charge on any atom is 0.154 e. The molecule has 1 aromatic rings. The molecule has 0 bridgehead atoms. The third-order valence-corrected chi connectivity index (χ3v) is 4.36. The molecule has 0 saturated heterocycles. The number of benzene rings is 1. The van der Waals surface area contributed by atoms with Gasteiger partial charge in [-0.15, -0.1) is 0 Å². The third-order valence-electron chi connectivity index (χ3n) is 2.68. The zero-order valence-corrected chi connectivity index (χ0v) is 11.2. The molecular weight excluding hydrogens is 234 g/mol. The Kier molecular flexibility index (Phi) is 5.48. The van der Waals surface area contributed by atoms with Gasteiger partial charge >= 0.3 is 0 Å². The standard InChI is InChI=1S/C13H21NO2S/c1-2-3-4-5-10-17(15,16)11-12-6-8-13(14)9-7-12/h6-9H,2-5,10-11,14H2,1H3. The fourth-order valence-corrected chi connectivity index (χ4v) is 3.18. The van der Waals surface area contributed by atoms with E-state index < -0.39 is 9.84 Å². The summed E-state index contributed by atoms with van der Waals surface area (Å²) >= 11 is 0. The SMILES string of the molecule is CCCCCCS(=O)(=O)Cc1ccc(N)cc1. The minimum Gasteiger partial charge on any atom is -0.399 e. The van der Waals surface area contributed by atoms with Crippen LogP contribution in [0.15, 0.2) is 24.3 Å². The topological polar surface area (TPSA) is 60.2 Å². The van der Waals surface area contributed by atoms with Gasteiger partial charge in [-0.3, -0.25) is 0 Å². The Bertz CT molecular complexity index is 423. The molecule has 3 nitrogen and oxygen atoms in total. The predicted octanol–water partition coefficient (Wildman–Crippen LogP) is 2.76. The molecule has 0 heterocycles. The molecule has 96 valence electrons. The van der Waals surface area contributed by atoms with E-state index in [4.69, 9.17) is 5.73 Å². The van der Waals surface area contributed by atoms with E-state index in [0.29, 0.717) is 5.69 Å². The summed E-state index contributed by atoms with van der Waals surface area (Å²) in [5, 5.41) is 0. The van der Waals surface area contributed by atoms with Crippen molar-refractivity contribution < 1.29 is 8.42 Å². The summed E-state index contributed by atoms with van der Waals surface area (Å²) in [5.74, 6) is 0.413. The molecule has 0 unspecified atom stereocenters. The molecule has 0 radical (unpaired) electrons. The summed E-state index contributed by atoms with van der Waals surface area (Å²) in [5.41, 5.74) is 7.03. The second-order valence-electron chi connectivity index (χ2n) is 4.39. The number of unbranched alkanes of at least 4 members (excludes halogenated alkanes) is 3. The molecule has 0 saturated carbocycles. The lowest BCUT2D eigenvalue weighted by molar-refractivity contribution is 0.588. The van der Waals surface area contributed by atoms with Crippen molar-refractivity contribution in [3.8, 4) is 0 Å². The van der Waals surface area contributed by atoms with E-state index >= 15 is 0 Å². The third kappa shape index (κ3) is 5.73. The monoisotopic (exact) mass is 255 g/mol. The quantitative estimate of drug-likeness (QED) is 0.602. The van der Waals surface area contributed by atoms with Gasteiger partial charge in [0.15, 0.2) is 9.84 Å². The van der Waals surface area contributed by atoms with Crippen molar-refractivity contribution in [1.29, 1.82) is 0 Å². The van der Waals surface area contributed by atoms with Gasteiger partial charge in [0, 0.05) is 5.69 Å². The number of nitrogen functional groups attached to an aromatic ring is 1. The minimum absolute atomic E-state index is 0.124. The highest BCUT2D eigenvalue weighted by Crippen LogP contribution is 2.11. The fourth-order valence-electron chi connectivity index (χ4n) is 1.69. The van der Waals surface area contributed by atoms with Crippen LogP contribution in [0.1, 0.15) is 38.2 Å². The number of hydrogen-bond donors (Lipinski definition) is 1. The van der Waals surface area contributed by atoms with Crippen molar-refractivity contribution in [3.63, 3.8) is 0 Å². The van der Waals surface area contributed by atoms with Crippen LogP contribution in [0, 0.1) is 0 Å². The molecule has 0 aliphatic rings. The molecule has 2 N–H and O–H groups in total. The van der Waals surface area contributed by atoms with Crippen LogP contribution in [0.25, 0.3) is 0 Å². The molecule has 1 rings (SSSR count). The summed E-state index contributed by atoms with van der Waals surface area (Å²) in [4.78, 5) is 0. The molecular formula is C13H21NO2S. The lowest BCUT2D eigenvalue weighted by atomic mass is 10.2.